The molecule has 0 aliphatic carbocycles. The van der Waals surface area contributed by atoms with Gasteiger partial charge in [0.25, 0.3) is 0 Å². The first-order chi connectivity index (χ1) is 9.02. The van der Waals surface area contributed by atoms with E-state index < -0.39 is 18.1 Å². The predicted octanol–water partition coefficient (Wildman–Crippen LogP) is 0.454. The highest BCUT2D eigenvalue weighted by Crippen LogP contribution is 2.25. The number of carbonyl (C=O) groups is 2. The summed E-state index contributed by atoms with van der Waals surface area (Å²) in [5.74, 6) is -0.151. The Hall–Kier alpha value is -0.950. The highest BCUT2D eigenvalue weighted by atomic mass is 32.2. The minimum absolute atomic E-state index is 0.121. The second-order valence-electron chi connectivity index (χ2n) is 5.03. The van der Waals surface area contributed by atoms with E-state index in [1.807, 2.05) is 11.8 Å². The molecule has 0 aromatic carbocycles. The fraction of sp³-hybridized carbons (Fsp3) is 0.833. The number of nitrogens with zero attached hydrogens (tertiary/aromatic N) is 2. The second kappa shape index (κ2) is 6.00. The van der Waals surface area contributed by atoms with Gasteiger partial charge in [-0.2, -0.15) is 11.8 Å². The third kappa shape index (κ3) is 3.14. The van der Waals surface area contributed by atoms with Gasteiger partial charge in [0.05, 0.1) is 6.10 Å². The number of hydrogen-bond acceptors (Lipinski definition) is 4. The first-order valence-corrected chi connectivity index (χ1v) is 7.65. The molecule has 3 atom stereocenters. The normalized spacial score (nSPS) is 31.6. The number of rotatable bonds is 2. The summed E-state index contributed by atoms with van der Waals surface area (Å²) in [6.45, 7) is 3.53. The van der Waals surface area contributed by atoms with Crippen LogP contribution < -0.4 is 0 Å². The van der Waals surface area contributed by atoms with Gasteiger partial charge in [0.1, 0.15) is 6.04 Å². The van der Waals surface area contributed by atoms with Gasteiger partial charge in [0.2, 0.25) is 0 Å². The molecule has 2 amide bonds. The Bertz CT molecular complexity index is 366. The highest BCUT2D eigenvalue weighted by Gasteiger charge is 2.41. The molecule has 0 bridgehead atoms. The number of aliphatic carboxylic acids is 1. The van der Waals surface area contributed by atoms with Crippen molar-refractivity contribution in [2.75, 3.05) is 25.4 Å². The number of thioether (sulfide) groups is 1. The van der Waals surface area contributed by atoms with Crippen LogP contribution >= 0.6 is 11.8 Å². The standard InChI is InChI=1S/C12H20N2O4S/c1-2-9-7-13(3-4-19-9)12(18)14-6-8(15)5-10(14)11(16)17/h8-10,15H,2-7H2,1H3,(H,16,17)/t8-,9?,10-/m0/s1. The number of carboxylic acid groups (broad SMARTS) is 1. The van der Waals surface area contributed by atoms with Crippen LogP contribution in [0.2, 0.25) is 0 Å². The molecule has 2 rings (SSSR count). The van der Waals surface area contributed by atoms with Gasteiger partial charge < -0.3 is 20.0 Å². The number of likely N-dealkylation sites (tertiary alicyclic amines) is 1. The molecule has 2 aliphatic heterocycles. The van der Waals surface area contributed by atoms with Crippen LogP contribution in [0.25, 0.3) is 0 Å². The number of aliphatic hydroxyl groups is 1. The summed E-state index contributed by atoms with van der Waals surface area (Å²) in [6.07, 6.45) is 0.395. The summed E-state index contributed by atoms with van der Waals surface area (Å²) in [4.78, 5) is 26.6. The van der Waals surface area contributed by atoms with E-state index in [2.05, 4.69) is 6.92 Å². The van der Waals surface area contributed by atoms with Crippen molar-refractivity contribution in [2.24, 2.45) is 0 Å². The van der Waals surface area contributed by atoms with Gasteiger partial charge in [-0.25, -0.2) is 9.59 Å². The lowest BCUT2D eigenvalue weighted by Gasteiger charge is -2.35. The van der Waals surface area contributed by atoms with Crippen LogP contribution in [-0.2, 0) is 4.79 Å². The van der Waals surface area contributed by atoms with Crippen molar-refractivity contribution in [3.8, 4) is 0 Å². The Morgan fingerprint density at radius 3 is 2.74 bits per heavy atom. The third-order valence-corrected chi connectivity index (χ3v) is 5.05. The fourth-order valence-corrected chi connectivity index (χ4v) is 3.76. The van der Waals surface area contributed by atoms with Crippen molar-refractivity contribution in [1.82, 2.24) is 9.80 Å². The first kappa shape index (κ1) is 14.5. The van der Waals surface area contributed by atoms with Crippen LogP contribution in [0, 0.1) is 0 Å². The molecule has 0 saturated carbocycles. The van der Waals surface area contributed by atoms with Crippen molar-refractivity contribution in [2.45, 2.75) is 37.2 Å². The third-order valence-electron chi connectivity index (χ3n) is 3.67. The number of aliphatic hydroxyl groups excluding tert-OH is 1. The lowest BCUT2D eigenvalue weighted by atomic mass is 10.2. The van der Waals surface area contributed by atoms with Crippen molar-refractivity contribution in [3.63, 3.8) is 0 Å². The van der Waals surface area contributed by atoms with E-state index in [0.717, 1.165) is 12.2 Å². The monoisotopic (exact) mass is 288 g/mol. The van der Waals surface area contributed by atoms with Crippen molar-refractivity contribution in [3.05, 3.63) is 0 Å². The highest BCUT2D eigenvalue weighted by molar-refractivity contribution is 8.00. The van der Waals surface area contributed by atoms with Gasteiger partial charge >= 0.3 is 12.0 Å². The number of carboxylic acids is 1. The summed E-state index contributed by atoms with van der Waals surface area (Å²) in [5, 5.41) is 19.1. The number of urea groups is 1. The Labute approximate surface area is 116 Å². The van der Waals surface area contributed by atoms with Gasteiger partial charge in [-0.15, -0.1) is 0 Å². The summed E-state index contributed by atoms with van der Waals surface area (Å²) in [5.41, 5.74) is 0. The molecule has 6 nitrogen and oxygen atoms in total. The Morgan fingerprint density at radius 2 is 2.11 bits per heavy atom. The van der Waals surface area contributed by atoms with Gasteiger partial charge in [0, 0.05) is 37.1 Å². The molecule has 0 aromatic heterocycles. The number of β-amino-alcohol motifs (C(OH)–C–C–N with tert-alkyl or cyclic N) is 1. The Balaban J connectivity index is 2.03. The minimum atomic E-state index is -1.04. The molecule has 0 spiro atoms. The SMILES string of the molecule is CCC1CN(C(=O)N2C[C@@H](O)C[C@H]2C(=O)O)CCS1. The molecular weight excluding hydrogens is 268 g/mol. The van der Waals surface area contributed by atoms with Gasteiger partial charge in [-0.1, -0.05) is 6.92 Å². The number of hydrogen-bond donors (Lipinski definition) is 2. The average molecular weight is 288 g/mol. The van der Waals surface area contributed by atoms with Gasteiger partial charge in [0.15, 0.2) is 0 Å². The van der Waals surface area contributed by atoms with E-state index in [0.29, 0.717) is 18.3 Å². The lowest BCUT2D eigenvalue weighted by molar-refractivity contribution is -0.141. The zero-order valence-electron chi connectivity index (χ0n) is 11.0. The van der Waals surface area contributed by atoms with E-state index in [9.17, 15) is 14.7 Å². The summed E-state index contributed by atoms with van der Waals surface area (Å²) in [7, 11) is 0. The second-order valence-corrected chi connectivity index (χ2v) is 6.43. The summed E-state index contributed by atoms with van der Waals surface area (Å²) < 4.78 is 0. The molecule has 108 valence electrons. The van der Waals surface area contributed by atoms with E-state index in [4.69, 9.17) is 5.11 Å². The van der Waals surface area contributed by atoms with Crippen LogP contribution in [-0.4, -0.2) is 74.8 Å². The molecule has 2 aliphatic rings. The van der Waals surface area contributed by atoms with Crippen LogP contribution in [0.15, 0.2) is 0 Å². The van der Waals surface area contributed by atoms with Crippen molar-refractivity contribution in [1.29, 1.82) is 0 Å². The first-order valence-electron chi connectivity index (χ1n) is 6.61. The quantitative estimate of drug-likeness (QED) is 0.771. The van der Waals surface area contributed by atoms with Crippen LogP contribution in [0.1, 0.15) is 19.8 Å². The molecule has 2 N–H and O–H groups in total. The molecule has 7 heteroatoms. The van der Waals surface area contributed by atoms with E-state index >= 15 is 0 Å². The summed E-state index contributed by atoms with van der Waals surface area (Å²) >= 11 is 1.86. The molecule has 2 saturated heterocycles. The largest absolute Gasteiger partial charge is 0.480 e. The molecule has 0 radical (unpaired) electrons. The van der Waals surface area contributed by atoms with Crippen LogP contribution in [0.3, 0.4) is 0 Å². The molecule has 2 heterocycles. The predicted molar refractivity (Wildman–Crippen MR) is 72.3 cm³/mol. The maximum Gasteiger partial charge on any atom is 0.326 e. The van der Waals surface area contributed by atoms with Crippen LogP contribution in [0.4, 0.5) is 4.79 Å². The van der Waals surface area contributed by atoms with E-state index in [1.165, 1.54) is 4.90 Å². The molecule has 2 fully saturated rings. The molecule has 1 unspecified atom stereocenters. The zero-order chi connectivity index (χ0) is 14.0. The Morgan fingerprint density at radius 1 is 1.37 bits per heavy atom. The number of amides is 2. The lowest BCUT2D eigenvalue weighted by Crippen LogP contribution is -2.51. The van der Waals surface area contributed by atoms with Crippen molar-refractivity contribution >= 4 is 23.8 Å². The molecule has 19 heavy (non-hydrogen) atoms. The van der Waals surface area contributed by atoms with Crippen molar-refractivity contribution < 1.29 is 19.8 Å². The maximum absolute atomic E-state index is 12.4. The van der Waals surface area contributed by atoms with Gasteiger partial charge in [-0.3, -0.25) is 0 Å². The van der Waals surface area contributed by atoms with Gasteiger partial charge in [-0.05, 0) is 6.42 Å². The minimum Gasteiger partial charge on any atom is -0.480 e. The smallest absolute Gasteiger partial charge is 0.326 e. The topological polar surface area (TPSA) is 81.1 Å². The zero-order valence-corrected chi connectivity index (χ0v) is 11.8. The average Bonchev–Trinajstić information content (AvgIpc) is 2.80. The molecule has 0 aromatic rings. The summed E-state index contributed by atoms with van der Waals surface area (Å²) in [6, 6.07) is -1.14. The Kier molecular flexibility index (Phi) is 4.57. The van der Waals surface area contributed by atoms with Crippen LogP contribution in [0.5, 0.6) is 0 Å². The van der Waals surface area contributed by atoms with E-state index in [1.54, 1.807) is 4.90 Å². The molecular formula is C12H20N2O4S. The fourth-order valence-electron chi connectivity index (χ4n) is 2.58. The maximum atomic E-state index is 12.4. The number of carbonyl (C=O) groups excluding carboxylic acids is 1. The van der Waals surface area contributed by atoms with E-state index in [-0.39, 0.29) is 19.0 Å².